The second-order valence-electron chi connectivity index (χ2n) is 4.38. The van der Waals surface area contributed by atoms with E-state index in [2.05, 4.69) is 10.3 Å². The van der Waals surface area contributed by atoms with Gasteiger partial charge < -0.3 is 11.1 Å². The number of carbonyl (C=O) groups is 1. The lowest BCUT2D eigenvalue weighted by Gasteiger charge is -2.09. The standard InChI is InChI=1S/C15H13ClN4O/c1-2-12-5-10(6-14(18)19-12)15(21)20-13-7-11(16)4-3-9(13)8-17/h3-7H,2H2,1H3,(H2,18,19)(H,20,21). The van der Waals surface area contributed by atoms with Crippen LogP contribution >= 0.6 is 11.6 Å². The number of halogens is 1. The molecule has 5 nitrogen and oxygen atoms in total. The molecule has 1 heterocycles. The maximum atomic E-state index is 12.3. The van der Waals surface area contributed by atoms with E-state index in [-0.39, 0.29) is 11.7 Å². The first-order valence-electron chi connectivity index (χ1n) is 6.31. The van der Waals surface area contributed by atoms with Crippen LogP contribution in [0.2, 0.25) is 5.02 Å². The Balaban J connectivity index is 2.32. The molecule has 0 saturated carbocycles. The first-order valence-corrected chi connectivity index (χ1v) is 6.68. The fourth-order valence-corrected chi connectivity index (χ4v) is 2.01. The van der Waals surface area contributed by atoms with Gasteiger partial charge in [0.15, 0.2) is 0 Å². The quantitative estimate of drug-likeness (QED) is 0.911. The van der Waals surface area contributed by atoms with E-state index in [1.165, 1.54) is 12.1 Å². The molecule has 0 atom stereocenters. The summed E-state index contributed by atoms with van der Waals surface area (Å²) in [5.74, 6) is -0.0799. The Morgan fingerprint density at radius 3 is 2.86 bits per heavy atom. The van der Waals surface area contributed by atoms with Gasteiger partial charge in [-0.3, -0.25) is 4.79 Å². The van der Waals surface area contributed by atoms with E-state index in [0.717, 1.165) is 5.69 Å². The van der Waals surface area contributed by atoms with E-state index in [9.17, 15) is 4.79 Å². The average Bonchev–Trinajstić information content (AvgIpc) is 2.46. The molecule has 3 N–H and O–H groups in total. The smallest absolute Gasteiger partial charge is 0.255 e. The maximum Gasteiger partial charge on any atom is 0.255 e. The molecule has 2 rings (SSSR count). The lowest BCUT2D eigenvalue weighted by Crippen LogP contribution is -2.14. The minimum Gasteiger partial charge on any atom is -0.384 e. The van der Waals surface area contributed by atoms with Gasteiger partial charge in [-0.2, -0.15) is 5.26 Å². The van der Waals surface area contributed by atoms with Crippen molar-refractivity contribution in [3.63, 3.8) is 0 Å². The number of anilines is 2. The lowest BCUT2D eigenvalue weighted by atomic mass is 10.1. The predicted molar refractivity (Wildman–Crippen MR) is 82.1 cm³/mol. The topological polar surface area (TPSA) is 91.8 Å². The molecular formula is C15H13ClN4O. The number of nitrogens with one attached hydrogen (secondary N) is 1. The summed E-state index contributed by atoms with van der Waals surface area (Å²) in [7, 11) is 0. The van der Waals surface area contributed by atoms with Crippen molar-refractivity contribution >= 4 is 29.0 Å². The molecule has 21 heavy (non-hydrogen) atoms. The van der Waals surface area contributed by atoms with Crippen molar-refractivity contribution in [2.45, 2.75) is 13.3 Å². The number of amides is 1. The Morgan fingerprint density at radius 1 is 1.43 bits per heavy atom. The largest absolute Gasteiger partial charge is 0.384 e. The van der Waals surface area contributed by atoms with Crippen LogP contribution in [0.4, 0.5) is 11.5 Å². The number of nitrogens with two attached hydrogens (primary N) is 1. The third-order valence-electron chi connectivity index (χ3n) is 2.87. The van der Waals surface area contributed by atoms with Crippen molar-refractivity contribution in [1.82, 2.24) is 4.98 Å². The van der Waals surface area contributed by atoms with Crippen molar-refractivity contribution < 1.29 is 4.79 Å². The number of hydrogen-bond donors (Lipinski definition) is 2. The zero-order valence-electron chi connectivity index (χ0n) is 11.4. The number of carbonyl (C=O) groups excluding carboxylic acids is 1. The fourth-order valence-electron chi connectivity index (χ4n) is 1.83. The third kappa shape index (κ3) is 3.50. The van der Waals surface area contributed by atoms with E-state index in [1.807, 2.05) is 13.0 Å². The van der Waals surface area contributed by atoms with Gasteiger partial charge >= 0.3 is 0 Å². The Hall–Kier alpha value is -2.58. The number of aromatic nitrogens is 1. The van der Waals surface area contributed by atoms with E-state index < -0.39 is 0 Å². The van der Waals surface area contributed by atoms with E-state index in [4.69, 9.17) is 22.6 Å². The van der Waals surface area contributed by atoms with Crippen LogP contribution in [0.5, 0.6) is 0 Å². The SMILES string of the molecule is CCc1cc(C(=O)Nc2cc(Cl)ccc2C#N)cc(N)n1. The van der Waals surface area contributed by atoms with Crippen LogP contribution in [0.15, 0.2) is 30.3 Å². The fraction of sp³-hybridized carbons (Fsp3) is 0.133. The zero-order valence-corrected chi connectivity index (χ0v) is 12.1. The van der Waals surface area contributed by atoms with E-state index >= 15 is 0 Å². The van der Waals surface area contributed by atoms with E-state index in [1.54, 1.807) is 18.2 Å². The lowest BCUT2D eigenvalue weighted by molar-refractivity contribution is 0.102. The molecule has 0 bridgehead atoms. The Bertz CT molecular complexity index is 737. The monoisotopic (exact) mass is 300 g/mol. The highest BCUT2D eigenvalue weighted by Gasteiger charge is 2.11. The van der Waals surface area contributed by atoms with Crippen LogP contribution in [0.3, 0.4) is 0 Å². The van der Waals surface area contributed by atoms with Crippen molar-refractivity contribution in [3.8, 4) is 6.07 Å². The van der Waals surface area contributed by atoms with Gasteiger partial charge in [0, 0.05) is 16.3 Å². The number of benzene rings is 1. The number of nitrogen functional groups attached to an aromatic ring is 1. The Morgan fingerprint density at radius 2 is 2.19 bits per heavy atom. The van der Waals surface area contributed by atoms with Gasteiger partial charge in [-0.15, -0.1) is 0 Å². The van der Waals surface area contributed by atoms with Crippen LogP contribution in [-0.2, 0) is 6.42 Å². The molecule has 0 spiro atoms. The first-order chi connectivity index (χ1) is 10.0. The summed E-state index contributed by atoms with van der Waals surface area (Å²) >= 11 is 5.89. The molecule has 0 fully saturated rings. The number of rotatable bonds is 3. The molecule has 0 aliphatic rings. The number of nitrogens with zero attached hydrogens (tertiary/aromatic N) is 2. The summed E-state index contributed by atoms with van der Waals surface area (Å²) in [6.45, 7) is 1.92. The number of nitriles is 1. The van der Waals surface area contributed by atoms with Crippen LogP contribution in [0.25, 0.3) is 0 Å². The second kappa shape index (κ2) is 6.25. The molecule has 1 amide bonds. The van der Waals surface area contributed by atoms with Gasteiger partial charge in [-0.05, 0) is 36.8 Å². The average molecular weight is 301 g/mol. The van der Waals surface area contributed by atoms with Crippen molar-refractivity contribution in [2.24, 2.45) is 0 Å². The van der Waals surface area contributed by atoms with E-state index in [0.29, 0.717) is 28.3 Å². The van der Waals surface area contributed by atoms with Crippen molar-refractivity contribution in [3.05, 3.63) is 52.2 Å². The zero-order chi connectivity index (χ0) is 15.4. The molecule has 0 unspecified atom stereocenters. The summed E-state index contributed by atoms with van der Waals surface area (Å²) < 4.78 is 0. The minimum absolute atomic E-state index is 0.283. The van der Waals surface area contributed by atoms with Gasteiger partial charge in [0.2, 0.25) is 0 Å². The van der Waals surface area contributed by atoms with Gasteiger partial charge in [-0.25, -0.2) is 4.98 Å². The van der Waals surface area contributed by atoms with Gasteiger partial charge in [-0.1, -0.05) is 18.5 Å². The summed E-state index contributed by atoms with van der Waals surface area (Å²) in [5, 5.41) is 12.2. The third-order valence-corrected chi connectivity index (χ3v) is 3.11. The summed E-state index contributed by atoms with van der Waals surface area (Å²) in [6, 6.07) is 9.84. The number of aryl methyl sites for hydroxylation is 1. The molecule has 0 aliphatic heterocycles. The van der Waals surface area contributed by atoms with Crippen molar-refractivity contribution in [2.75, 3.05) is 11.1 Å². The molecule has 1 aromatic heterocycles. The molecule has 0 aliphatic carbocycles. The van der Waals surface area contributed by atoms with Crippen LogP contribution in [0.1, 0.15) is 28.5 Å². The summed E-state index contributed by atoms with van der Waals surface area (Å²) in [6.07, 6.45) is 0.673. The highest BCUT2D eigenvalue weighted by Crippen LogP contribution is 2.21. The van der Waals surface area contributed by atoms with Gasteiger partial charge in [0.25, 0.3) is 5.91 Å². The highest BCUT2D eigenvalue weighted by molar-refractivity contribution is 6.31. The first kappa shape index (κ1) is 14.8. The molecular weight excluding hydrogens is 288 g/mol. The number of pyridine rings is 1. The normalized spacial score (nSPS) is 9.95. The Labute approximate surface area is 127 Å². The van der Waals surface area contributed by atoms with Crippen LogP contribution in [0, 0.1) is 11.3 Å². The molecule has 1 aromatic carbocycles. The predicted octanol–water partition coefficient (Wildman–Crippen LogP) is 3.00. The maximum absolute atomic E-state index is 12.3. The summed E-state index contributed by atoms with van der Waals surface area (Å²) in [4.78, 5) is 16.4. The highest BCUT2D eigenvalue weighted by atomic mass is 35.5. The number of hydrogen-bond acceptors (Lipinski definition) is 4. The van der Waals surface area contributed by atoms with Crippen molar-refractivity contribution in [1.29, 1.82) is 5.26 Å². The molecule has 0 saturated heterocycles. The minimum atomic E-state index is -0.363. The molecule has 0 radical (unpaired) electrons. The van der Waals surface area contributed by atoms with Gasteiger partial charge in [0.1, 0.15) is 11.9 Å². The molecule has 106 valence electrons. The summed E-state index contributed by atoms with van der Waals surface area (Å²) in [5.41, 5.74) is 7.50. The Kier molecular flexibility index (Phi) is 4.41. The van der Waals surface area contributed by atoms with Gasteiger partial charge in [0.05, 0.1) is 11.3 Å². The molecule has 6 heteroatoms. The molecule has 2 aromatic rings. The van der Waals surface area contributed by atoms with Crippen LogP contribution < -0.4 is 11.1 Å². The van der Waals surface area contributed by atoms with Crippen LogP contribution in [-0.4, -0.2) is 10.9 Å². The second-order valence-corrected chi connectivity index (χ2v) is 4.82.